The number of amides is 2. The number of urea groups is 1. The molecule has 168 valence electrons. The van der Waals surface area contributed by atoms with Gasteiger partial charge in [-0.15, -0.1) is 0 Å². The fourth-order valence-electron chi connectivity index (χ4n) is 4.40. The second kappa shape index (κ2) is 10.3. The minimum Gasteiger partial charge on any atom is -0.465 e. The first kappa shape index (κ1) is 21.9. The van der Waals surface area contributed by atoms with E-state index in [-0.39, 0.29) is 12.1 Å². The van der Waals surface area contributed by atoms with Gasteiger partial charge in [0.05, 0.1) is 19.3 Å². The molecule has 0 saturated carbocycles. The van der Waals surface area contributed by atoms with Gasteiger partial charge in [-0.25, -0.2) is 4.79 Å². The number of aryl methyl sites for hydroxylation is 2. The number of nitrogens with zero attached hydrogens (tertiary/aromatic N) is 3. The molecule has 1 aromatic heterocycles. The third-order valence-electron chi connectivity index (χ3n) is 6.17. The molecule has 0 spiro atoms. The third kappa shape index (κ3) is 5.87. The average molecular weight is 427 g/mol. The summed E-state index contributed by atoms with van der Waals surface area (Å²) in [5.74, 6) is 1.80. The Balaban J connectivity index is 1.28. The predicted octanol–water partition coefficient (Wildman–Crippen LogP) is 2.80. The van der Waals surface area contributed by atoms with E-state index in [0.29, 0.717) is 19.8 Å². The van der Waals surface area contributed by atoms with Crippen molar-refractivity contribution in [3.05, 3.63) is 59.0 Å². The number of ether oxygens (including phenoxy) is 1. The molecular formula is C24H34N4O3. The molecule has 7 heteroatoms. The SMILES string of the molecule is Cc1cccc(CN2CCN(C(=O)NCC(c3ccc(C)o3)N3CCOCC3)CC2)c1. The zero-order valence-corrected chi connectivity index (χ0v) is 18.7. The van der Waals surface area contributed by atoms with E-state index >= 15 is 0 Å². The van der Waals surface area contributed by atoms with E-state index in [2.05, 4.69) is 46.3 Å². The van der Waals surface area contributed by atoms with Gasteiger partial charge >= 0.3 is 6.03 Å². The maximum atomic E-state index is 12.9. The molecule has 1 N–H and O–H groups in total. The van der Waals surface area contributed by atoms with Crippen LogP contribution in [-0.2, 0) is 11.3 Å². The van der Waals surface area contributed by atoms with Gasteiger partial charge in [0.25, 0.3) is 0 Å². The lowest BCUT2D eigenvalue weighted by Crippen LogP contribution is -2.52. The summed E-state index contributed by atoms with van der Waals surface area (Å²) in [6.07, 6.45) is 0. The number of carbonyl (C=O) groups is 1. The van der Waals surface area contributed by atoms with Crippen molar-refractivity contribution in [3.8, 4) is 0 Å². The fraction of sp³-hybridized carbons (Fsp3) is 0.542. The Morgan fingerprint density at radius 3 is 2.48 bits per heavy atom. The lowest BCUT2D eigenvalue weighted by Gasteiger charge is -2.36. The zero-order valence-electron chi connectivity index (χ0n) is 18.7. The summed E-state index contributed by atoms with van der Waals surface area (Å²) < 4.78 is 11.4. The minimum absolute atomic E-state index is 0.0109. The molecule has 7 nitrogen and oxygen atoms in total. The van der Waals surface area contributed by atoms with Crippen molar-refractivity contribution in [2.75, 3.05) is 59.0 Å². The van der Waals surface area contributed by atoms with Crippen LogP contribution in [0.1, 0.15) is 28.7 Å². The van der Waals surface area contributed by atoms with Crippen LogP contribution >= 0.6 is 0 Å². The Kier molecular flexibility index (Phi) is 7.27. The lowest BCUT2D eigenvalue weighted by atomic mass is 10.1. The molecule has 0 radical (unpaired) electrons. The van der Waals surface area contributed by atoms with Crippen LogP contribution < -0.4 is 5.32 Å². The van der Waals surface area contributed by atoms with Crippen molar-refractivity contribution >= 4 is 6.03 Å². The van der Waals surface area contributed by atoms with Gasteiger partial charge < -0.3 is 19.4 Å². The number of nitrogens with one attached hydrogen (secondary N) is 1. The molecule has 2 aromatic rings. The summed E-state index contributed by atoms with van der Waals surface area (Å²) in [7, 11) is 0. The molecule has 0 bridgehead atoms. The molecule has 3 heterocycles. The van der Waals surface area contributed by atoms with Crippen molar-refractivity contribution in [3.63, 3.8) is 0 Å². The number of morpholine rings is 1. The summed E-state index contributed by atoms with van der Waals surface area (Å²) >= 11 is 0. The molecule has 2 amide bonds. The van der Waals surface area contributed by atoms with Crippen LogP contribution in [0.4, 0.5) is 4.79 Å². The molecule has 1 atom stereocenters. The molecule has 2 aliphatic rings. The monoisotopic (exact) mass is 426 g/mol. The molecule has 2 saturated heterocycles. The Morgan fingerprint density at radius 1 is 1.03 bits per heavy atom. The lowest BCUT2D eigenvalue weighted by molar-refractivity contribution is 0.0118. The molecule has 2 fully saturated rings. The summed E-state index contributed by atoms with van der Waals surface area (Å²) in [6.45, 7) is 12.0. The highest BCUT2D eigenvalue weighted by molar-refractivity contribution is 5.74. The van der Waals surface area contributed by atoms with Crippen molar-refractivity contribution in [2.24, 2.45) is 0 Å². The van der Waals surface area contributed by atoms with E-state index in [1.165, 1.54) is 11.1 Å². The van der Waals surface area contributed by atoms with Crippen LogP contribution in [-0.4, -0.2) is 79.8 Å². The highest BCUT2D eigenvalue weighted by atomic mass is 16.5. The number of piperazine rings is 1. The first-order valence-electron chi connectivity index (χ1n) is 11.3. The quantitative estimate of drug-likeness (QED) is 0.770. The summed E-state index contributed by atoms with van der Waals surface area (Å²) in [5.41, 5.74) is 2.62. The molecular weight excluding hydrogens is 392 g/mol. The van der Waals surface area contributed by atoms with Crippen LogP contribution in [0.5, 0.6) is 0 Å². The zero-order chi connectivity index (χ0) is 21.6. The molecule has 1 unspecified atom stereocenters. The predicted molar refractivity (Wildman–Crippen MR) is 120 cm³/mol. The van der Waals surface area contributed by atoms with E-state index in [4.69, 9.17) is 9.15 Å². The maximum absolute atomic E-state index is 12.9. The molecule has 1 aromatic carbocycles. The first-order valence-corrected chi connectivity index (χ1v) is 11.3. The number of hydrogen-bond donors (Lipinski definition) is 1. The van der Waals surface area contributed by atoms with E-state index in [0.717, 1.165) is 57.3 Å². The standard InChI is InChI=1S/C24H34N4O3/c1-19-4-3-5-21(16-19)18-26-8-10-28(11-9-26)24(29)25-17-22(23-7-6-20(2)31-23)27-12-14-30-15-13-27/h3-7,16,22H,8-15,17-18H2,1-2H3,(H,25,29). The van der Waals surface area contributed by atoms with Crippen molar-refractivity contribution in [1.82, 2.24) is 20.0 Å². The van der Waals surface area contributed by atoms with E-state index in [9.17, 15) is 4.79 Å². The topological polar surface area (TPSA) is 61.2 Å². The number of rotatable bonds is 6. The van der Waals surface area contributed by atoms with Gasteiger partial charge in [0.1, 0.15) is 11.5 Å². The molecule has 0 aliphatic carbocycles. The van der Waals surface area contributed by atoms with E-state index < -0.39 is 0 Å². The van der Waals surface area contributed by atoms with Crippen LogP contribution in [0.3, 0.4) is 0 Å². The maximum Gasteiger partial charge on any atom is 0.317 e. The molecule has 2 aliphatic heterocycles. The number of hydrogen-bond acceptors (Lipinski definition) is 5. The number of carbonyl (C=O) groups excluding carboxylic acids is 1. The van der Waals surface area contributed by atoms with Crippen LogP contribution in [0.15, 0.2) is 40.8 Å². The minimum atomic E-state index is 0.0109. The molecule has 4 rings (SSSR count). The smallest absolute Gasteiger partial charge is 0.317 e. The van der Waals surface area contributed by atoms with E-state index in [1.807, 2.05) is 24.0 Å². The highest BCUT2D eigenvalue weighted by Crippen LogP contribution is 2.23. The van der Waals surface area contributed by atoms with Crippen LogP contribution in [0.25, 0.3) is 0 Å². The Morgan fingerprint density at radius 2 is 1.81 bits per heavy atom. The van der Waals surface area contributed by atoms with Gasteiger partial charge in [-0.2, -0.15) is 0 Å². The van der Waals surface area contributed by atoms with Gasteiger partial charge in [-0.05, 0) is 31.5 Å². The first-order chi connectivity index (χ1) is 15.1. The largest absolute Gasteiger partial charge is 0.465 e. The Labute approximate surface area is 184 Å². The normalized spacial score (nSPS) is 19.4. The summed E-state index contributed by atoms with van der Waals surface area (Å²) in [5, 5.41) is 3.16. The third-order valence-corrected chi connectivity index (χ3v) is 6.17. The van der Waals surface area contributed by atoms with Crippen molar-refractivity contribution < 1.29 is 13.9 Å². The average Bonchev–Trinajstić information content (AvgIpc) is 3.21. The van der Waals surface area contributed by atoms with Crippen molar-refractivity contribution in [1.29, 1.82) is 0 Å². The number of benzene rings is 1. The Hall–Kier alpha value is -2.35. The van der Waals surface area contributed by atoms with Gasteiger partial charge in [0, 0.05) is 52.4 Å². The van der Waals surface area contributed by atoms with Crippen molar-refractivity contribution in [2.45, 2.75) is 26.4 Å². The fourth-order valence-corrected chi connectivity index (χ4v) is 4.40. The Bertz CT molecular complexity index is 854. The second-order valence-corrected chi connectivity index (χ2v) is 8.55. The second-order valence-electron chi connectivity index (χ2n) is 8.55. The number of furan rings is 1. The van der Waals surface area contributed by atoms with Gasteiger partial charge in [-0.3, -0.25) is 9.80 Å². The molecule has 31 heavy (non-hydrogen) atoms. The summed E-state index contributed by atoms with van der Waals surface area (Å²) in [6, 6.07) is 12.7. The van der Waals surface area contributed by atoms with Crippen LogP contribution in [0.2, 0.25) is 0 Å². The van der Waals surface area contributed by atoms with Gasteiger partial charge in [-0.1, -0.05) is 29.8 Å². The van der Waals surface area contributed by atoms with E-state index in [1.54, 1.807) is 0 Å². The highest BCUT2D eigenvalue weighted by Gasteiger charge is 2.27. The summed E-state index contributed by atoms with van der Waals surface area (Å²) in [4.78, 5) is 19.5. The van der Waals surface area contributed by atoms with Gasteiger partial charge in [0.2, 0.25) is 0 Å². The van der Waals surface area contributed by atoms with Crippen LogP contribution in [0, 0.1) is 13.8 Å². The van der Waals surface area contributed by atoms with Gasteiger partial charge in [0.15, 0.2) is 0 Å².